The van der Waals surface area contributed by atoms with Gasteiger partial charge in [-0.25, -0.2) is 0 Å². The van der Waals surface area contributed by atoms with Gasteiger partial charge in [0.1, 0.15) is 0 Å². The number of aliphatic hydroxyl groups excluding tert-OH is 1. The Kier molecular flexibility index (Phi) is 5.22. The fourth-order valence-electron chi connectivity index (χ4n) is 3.39. The lowest BCUT2D eigenvalue weighted by molar-refractivity contribution is -0.138. The smallest absolute Gasteiger partial charge is 0.226 e. The topological polar surface area (TPSA) is 58.6 Å². The van der Waals surface area contributed by atoms with Crippen molar-refractivity contribution in [1.82, 2.24) is 5.32 Å². The lowest BCUT2D eigenvalue weighted by Gasteiger charge is -2.40. The van der Waals surface area contributed by atoms with Crippen LogP contribution >= 0.6 is 0 Å². The maximum Gasteiger partial charge on any atom is 0.226 e. The first-order chi connectivity index (χ1) is 9.18. The summed E-state index contributed by atoms with van der Waals surface area (Å²) in [4.78, 5) is 12.3. The molecule has 0 bridgehead atoms. The van der Waals surface area contributed by atoms with Crippen molar-refractivity contribution in [2.24, 2.45) is 11.3 Å². The molecule has 2 fully saturated rings. The number of aliphatic hydroxyl groups is 1. The van der Waals surface area contributed by atoms with Crippen molar-refractivity contribution >= 4 is 5.91 Å². The van der Waals surface area contributed by atoms with Crippen LogP contribution in [0.1, 0.15) is 51.4 Å². The monoisotopic (exact) mass is 269 g/mol. The van der Waals surface area contributed by atoms with Crippen molar-refractivity contribution in [1.29, 1.82) is 0 Å². The van der Waals surface area contributed by atoms with Crippen LogP contribution in [0.25, 0.3) is 0 Å². The fraction of sp³-hybridized carbons (Fsp3) is 0.933. The van der Waals surface area contributed by atoms with Crippen molar-refractivity contribution in [2.45, 2.75) is 57.5 Å². The molecule has 0 aromatic rings. The highest BCUT2D eigenvalue weighted by Gasteiger charge is 2.43. The van der Waals surface area contributed by atoms with Crippen LogP contribution in [0, 0.1) is 11.3 Å². The van der Waals surface area contributed by atoms with Crippen molar-refractivity contribution in [3.05, 3.63) is 0 Å². The number of hydrogen-bond donors (Lipinski definition) is 2. The van der Waals surface area contributed by atoms with Crippen LogP contribution in [0.15, 0.2) is 0 Å². The van der Waals surface area contributed by atoms with Gasteiger partial charge in [0.05, 0.1) is 11.5 Å². The van der Waals surface area contributed by atoms with Gasteiger partial charge in [-0.05, 0) is 38.0 Å². The van der Waals surface area contributed by atoms with Gasteiger partial charge in [0.2, 0.25) is 5.91 Å². The summed E-state index contributed by atoms with van der Waals surface area (Å²) >= 11 is 0. The van der Waals surface area contributed by atoms with Crippen LogP contribution in [-0.2, 0) is 9.53 Å². The van der Waals surface area contributed by atoms with Gasteiger partial charge in [-0.1, -0.05) is 19.3 Å². The number of ether oxygens (including phenoxy) is 1. The Morgan fingerprint density at radius 1 is 1.37 bits per heavy atom. The Bertz CT molecular complexity index is 296. The van der Waals surface area contributed by atoms with Crippen LogP contribution in [0.2, 0.25) is 0 Å². The van der Waals surface area contributed by atoms with E-state index in [1.807, 2.05) is 0 Å². The number of hydrogen-bond acceptors (Lipinski definition) is 3. The standard InChI is InChI=1S/C15H27NO3/c1-19-10-9-15(7-4-8-15)14(18)16-11-13(17)12-5-2-3-6-12/h12-13,17H,2-11H2,1H3,(H,16,18). The molecule has 2 N–H and O–H groups in total. The van der Waals surface area contributed by atoms with E-state index in [1.54, 1.807) is 7.11 Å². The predicted molar refractivity (Wildman–Crippen MR) is 73.8 cm³/mol. The summed E-state index contributed by atoms with van der Waals surface area (Å²) in [5, 5.41) is 13.1. The van der Waals surface area contributed by atoms with Crippen molar-refractivity contribution in [2.75, 3.05) is 20.3 Å². The van der Waals surface area contributed by atoms with E-state index in [9.17, 15) is 9.90 Å². The average molecular weight is 269 g/mol. The summed E-state index contributed by atoms with van der Waals surface area (Å²) in [7, 11) is 1.67. The molecule has 0 saturated heterocycles. The third-order valence-corrected chi connectivity index (χ3v) is 4.99. The van der Waals surface area contributed by atoms with Gasteiger partial charge in [-0.15, -0.1) is 0 Å². The van der Waals surface area contributed by atoms with E-state index < -0.39 is 0 Å². The molecule has 1 amide bonds. The number of amides is 1. The Labute approximate surface area is 115 Å². The zero-order chi connectivity index (χ0) is 13.7. The molecular weight excluding hydrogens is 242 g/mol. The zero-order valence-electron chi connectivity index (χ0n) is 12.0. The Balaban J connectivity index is 1.76. The van der Waals surface area contributed by atoms with Crippen LogP contribution in [0.4, 0.5) is 0 Å². The van der Waals surface area contributed by atoms with E-state index in [4.69, 9.17) is 4.74 Å². The maximum absolute atomic E-state index is 12.3. The zero-order valence-corrected chi connectivity index (χ0v) is 12.0. The summed E-state index contributed by atoms with van der Waals surface area (Å²) in [6.07, 6.45) is 8.12. The highest BCUT2D eigenvalue weighted by atomic mass is 16.5. The molecule has 0 aromatic carbocycles. The van der Waals surface area contributed by atoms with Crippen molar-refractivity contribution in [3.8, 4) is 0 Å². The van der Waals surface area contributed by atoms with Gasteiger partial charge in [0.15, 0.2) is 0 Å². The summed E-state index contributed by atoms with van der Waals surface area (Å²) in [6, 6.07) is 0. The molecule has 1 unspecified atom stereocenters. The second-order valence-electron chi connectivity index (χ2n) is 6.20. The minimum atomic E-state index is -0.369. The first kappa shape index (κ1) is 14.8. The highest BCUT2D eigenvalue weighted by molar-refractivity contribution is 5.83. The first-order valence-corrected chi connectivity index (χ1v) is 7.63. The SMILES string of the molecule is COCCC1(C(=O)NCC(O)C2CCCC2)CCC1. The van der Waals surface area contributed by atoms with Crippen LogP contribution in [0.5, 0.6) is 0 Å². The Morgan fingerprint density at radius 3 is 2.58 bits per heavy atom. The van der Waals surface area contributed by atoms with Gasteiger partial charge in [-0.2, -0.15) is 0 Å². The second kappa shape index (κ2) is 6.71. The molecular formula is C15H27NO3. The molecule has 4 heteroatoms. The van der Waals surface area contributed by atoms with Gasteiger partial charge in [0.25, 0.3) is 0 Å². The highest BCUT2D eigenvalue weighted by Crippen LogP contribution is 2.44. The first-order valence-electron chi connectivity index (χ1n) is 7.63. The van der Waals surface area contributed by atoms with E-state index in [1.165, 1.54) is 12.8 Å². The minimum absolute atomic E-state index is 0.118. The van der Waals surface area contributed by atoms with Crippen LogP contribution in [-0.4, -0.2) is 37.4 Å². The molecule has 2 aliphatic rings. The van der Waals surface area contributed by atoms with Crippen molar-refractivity contribution < 1.29 is 14.6 Å². The number of nitrogens with one attached hydrogen (secondary N) is 1. The third-order valence-electron chi connectivity index (χ3n) is 4.99. The van der Waals surface area contributed by atoms with Gasteiger partial charge < -0.3 is 15.2 Å². The van der Waals surface area contributed by atoms with E-state index in [-0.39, 0.29) is 17.4 Å². The molecule has 2 rings (SSSR count). The molecule has 19 heavy (non-hydrogen) atoms. The molecule has 4 nitrogen and oxygen atoms in total. The summed E-state index contributed by atoms with van der Waals surface area (Å²) in [5.41, 5.74) is -0.217. The van der Waals surface area contributed by atoms with Crippen LogP contribution in [0.3, 0.4) is 0 Å². The Morgan fingerprint density at radius 2 is 2.05 bits per heavy atom. The van der Waals surface area contributed by atoms with E-state index >= 15 is 0 Å². The summed E-state index contributed by atoms with van der Waals surface area (Å²) in [5.74, 6) is 0.504. The quantitative estimate of drug-likeness (QED) is 0.741. The molecule has 0 aromatic heterocycles. The predicted octanol–water partition coefficient (Wildman–Crippen LogP) is 1.86. The Hall–Kier alpha value is -0.610. The molecule has 0 heterocycles. The minimum Gasteiger partial charge on any atom is -0.391 e. The summed E-state index contributed by atoms with van der Waals surface area (Å²) in [6.45, 7) is 1.05. The second-order valence-corrected chi connectivity index (χ2v) is 6.20. The lowest BCUT2D eigenvalue weighted by Crippen LogP contribution is -2.48. The number of rotatable bonds is 7. The van der Waals surface area contributed by atoms with E-state index in [2.05, 4.69) is 5.32 Å². The van der Waals surface area contributed by atoms with Crippen molar-refractivity contribution in [3.63, 3.8) is 0 Å². The van der Waals surface area contributed by atoms with Gasteiger partial charge in [-0.3, -0.25) is 4.79 Å². The molecule has 0 spiro atoms. The summed E-state index contributed by atoms with van der Waals surface area (Å²) < 4.78 is 5.10. The average Bonchev–Trinajstić information content (AvgIpc) is 2.88. The lowest BCUT2D eigenvalue weighted by atomic mass is 9.66. The molecule has 0 aliphatic heterocycles. The molecule has 110 valence electrons. The molecule has 2 saturated carbocycles. The number of carbonyl (C=O) groups excluding carboxylic acids is 1. The van der Waals surface area contributed by atoms with E-state index in [0.29, 0.717) is 19.1 Å². The fourth-order valence-corrected chi connectivity index (χ4v) is 3.39. The third kappa shape index (κ3) is 3.48. The number of carbonyl (C=O) groups is 1. The van der Waals surface area contributed by atoms with Crippen LogP contribution < -0.4 is 5.32 Å². The molecule has 1 atom stereocenters. The van der Waals surface area contributed by atoms with Gasteiger partial charge in [0, 0.05) is 20.3 Å². The largest absolute Gasteiger partial charge is 0.391 e. The molecule has 2 aliphatic carbocycles. The maximum atomic E-state index is 12.3. The number of methoxy groups -OCH3 is 1. The molecule has 0 radical (unpaired) electrons. The van der Waals surface area contributed by atoms with Gasteiger partial charge >= 0.3 is 0 Å². The normalized spacial score (nSPS) is 23.9. The van der Waals surface area contributed by atoms with E-state index in [0.717, 1.165) is 38.5 Å².